The second kappa shape index (κ2) is 10.1. The molecule has 5 heteroatoms. The van der Waals surface area contributed by atoms with Crippen LogP contribution in [-0.2, 0) is 9.53 Å². The van der Waals surface area contributed by atoms with Crippen molar-refractivity contribution >= 4 is 5.91 Å². The van der Waals surface area contributed by atoms with Gasteiger partial charge < -0.3 is 15.4 Å². The summed E-state index contributed by atoms with van der Waals surface area (Å²) in [6, 6.07) is 0. The number of amides is 1. The van der Waals surface area contributed by atoms with Crippen molar-refractivity contribution in [3.8, 4) is 0 Å². The first kappa shape index (κ1) is 18.4. The van der Waals surface area contributed by atoms with E-state index < -0.39 is 0 Å². The maximum Gasteiger partial charge on any atom is 0.222 e. The maximum absolute atomic E-state index is 12.4. The molecule has 5 nitrogen and oxygen atoms in total. The van der Waals surface area contributed by atoms with Gasteiger partial charge in [0.1, 0.15) is 0 Å². The number of carbonyl (C=O) groups is 1. The number of rotatable bonds is 8. The van der Waals surface area contributed by atoms with E-state index in [2.05, 4.69) is 18.7 Å². The highest BCUT2D eigenvalue weighted by Crippen LogP contribution is 2.16. The fourth-order valence-corrected chi connectivity index (χ4v) is 2.97. The van der Waals surface area contributed by atoms with Gasteiger partial charge in [0.15, 0.2) is 0 Å². The molecule has 0 saturated carbocycles. The molecular weight excluding hydrogens is 266 g/mol. The third-order valence-electron chi connectivity index (χ3n) is 4.15. The average Bonchev–Trinajstić information content (AvgIpc) is 2.69. The Balaban J connectivity index is 2.40. The minimum atomic E-state index is 0.277. The van der Waals surface area contributed by atoms with E-state index >= 15 is 0 Å². The molecule has 1 amide bonds. The zero-order chi connectivity index (χ0) is 15.7. The summed E-state index contributed by atoms with van der Waals surface area (Å²) >= 11 is 0. The topological polar surface area (TPSA) is 58.8 Å². The minimum Gasteiger partial charge on any atom is -0.383 e. The molecule has 2 N–H and O–H groups in total. The number of hydrogen-bond acceptors (Lipinski definition) is 4. The van der Waals surface area contributed by atoms with Gasteiger partial charge in [-0.3, -0.25) is 9.69 Å². The molecule has 0 unspecified atom stereocenters. The Hall–Kier alpha value is -0.650. The van der Waals surface area contributed by atoms with Crippen molar-refractivity contribution in [3.05, 3.63) is 0 Å². The second-order valence-corrected chi connectivity index (χ2v) is 6.50. The smallest absolute Gasteiger partial charge is 0.222 e. The van der Waals surface area contributed by atoms with Crippen LogP contribution >= 0.6 is 0 Å². The number of hydrogen-bond donors (Lipinski definition) is 1. The number of nitrogens with zero attached hydrogens (tertiary/aromatic N) is 2. The van der Waals surface area contributed by atoms with Gasteiger partial charge in [-0.1, -0.05) is 13.8 Å². The Kier molecular flexibility index (Phi) is 8.88. The third-order valence-corrected chi connectivity index (χ3v) is 4.15. The van der Waals surface area contributed by atoms with Gasteiger partial charge in [0.2, 0.25) is 5.91 Å². The molecule has 0 aliphatic carbocycles. The molecule has 21 heavy (non-hydrogen) atoms. The summed E-state index contributed by atoms with van der Waals surface area (Å²) in [6.07, 6.45) is 2.69. The lowest BCUT2D eigenvalue weighted by Gasteiger charge is -2.24. The van der Waals surface area contributed by atoms with Gasteiger partial charge >= 0.3 is 0 Å². The number of carbonyl (C=O) groups excluding carboxylic acids is 1. The highest BCUT2D eigenvalue weighted by Gasteiger charge is 2.21. The largest absolute Gasteiger partial charge is 0.383 e. The normalized spacial score (nSPS) is 18.8. The van der Waals surface area contributed by atoms with Crippen LogP contribution in [0.15, 0.2) is 0 Å². The maximum atomic E-state index is 12.4. The first-order chi connectivity index (χ1) is 10.1. The molecule has 1 rings (SSSR count). The molecule has 0 radical (unpaired) electrons. The van der Waals surface area contributed by atoms with Gasteiger partial charge in [-0.25, -0.2) is 0 Å². The summed E-state index contributed by atoms with van der Waals surface area (Å²) in [5.74, 6) is 1.20. The Morgan fingerprint density at radius 1 is 1.24 bits per heavy atom. The molecular formula is C16H33N3O2. The van der Waals surface area contributed by atoms with Crippen LogP contribution in [0.1, 0.15) is 33.1 Å². The van der Waals surface area contributed by atoms with E-state index in [1.165, 1.54) is 0 Å². The van der Waals surface area contributed by atoms with Crippen molar-refractivity contribution in [2.45, 2.75) is 33.1 Å². The van der Waals surface area contributed by atoms with Crippen molar-refractivity contribution in [2.75, 3.05) is 53.0 Å². The molecule has 1 heterocycles. The highest BCUT2D eigenvalue weighted by molar-refractivity contribution is 5.76. The lowest BCUT2D eigenvalue weighted by Crippen LogP contribution is -2.37. The summed E-state index contributed by atoms with van der Waals surface area (Å²) in [7, 11) is 1.73. The fraction of sp³-hybridized carbons (Fsp3) is 0.938. The van der Waals surface area contributed by atoms with Crippen LogP contribution < -0.4 is 5.73 Å². The van der Waals surface area contributed by atoms with Gasteiger partial charge in [-0.2, -0.15) is 0 Å². The zero-order valence-electron chi connectivity index (χ0n) is 14.0. The van der Waals surface area contributed by atoms with Crippen LogP contribution in [0.5, 0.6) is 0 Å². The number of methoxy groups -OCH3 is 1. The van der Waals surface area contributed by atoms with Crippen LogP contribution in [0.2, 0.25) is 0 Å². The fourth-order valence-electron chi connectivity index (χ4n) is 2.97. The Bertz CT molecular complexity index is 297. The summed E-state index contributed by atoms with van der Waals surface area (Å²) in [4.78, 5) is 16.9. The summed E-state index contributed by atoms with van der Waals surface area (Å²) in [6.45, 7) is 10.4. The van der Waals surface area contributed by atoms with E-state index in [0.29, 0.717) is 24.8 Å². The van der Waals surface area contributed by atoms with E-state index in [4.69, 9.17) is 10.5 Å². The van der Waals surface area contributed by atoms with E-state index in [1.807, 2.05) is 4.90 Å². The van der Waals surface area contributed by atoms with Crippen molar-refractivity contribution in [1.29, 1.82) is 0 Å². The van der Waals surface area contributed by atoms with Crippen LogP contribution in [0.25, 0.3) is 0 Å². The average molecular weight is 299 g/mol. The quantitative estimate of drug-likeness (QED) is 0.731. The van der Waals surface area contributed by atoms with Crippen molar-refractivity contribution in [1.82, 2.24) is 9.80 Å². The van der Waals surface area contributed by atoms with Gasteiger partial charge in [-0.05, 0) is 37.8 Å². The Morgan fingerprint density at radius 3 is 2.62 bits per heavy atom. The van der Waals surface area contributed by atoms with E-state index in [0.717, 1.165) is 52.2 Å². The Morgan fingerprint density at radius 2 is 2.00 bits per heavy atom. The predicted octanol–water partition coefficient (Wildman–Crippen LogP) is 1.18. The molecule has 0 spiro atoms. The SMILES string of the molecule is COCCN1CCCN(C(=O)C[C@@H](CN)CC(C)C)CC1. The first-order valence-corrected chi connectivity index (χ1v) is 8.26. The molecule has 124 valence electrons. The van der Waals surface area contributed by atoms with Crippen molar-refractivity contribution in [2.24, 2.45) is 17.6 Å². The summed E-state index contributed by atoms with van der Waals surface area (Å²) in [5.41, 5.74) is 5.81. The molecule has 1 atom stereocenters. The van der Waals surface area contributed by atoms with E-state index in [-0.39, 0.29) is 5.91 Å². The van der Waals surface area contributed by atoms with Gasteiger partial charge in [-0.15, -0.1) is 0 Å². The molecule has 0 aromatic carbocycles. The standard InChI is InChI=1S/C16H33N3O2/c1-14(2)11-15(13-17)12-16(20)19-6-4-5-18(7-8-19)9-10-21-3/h14-15H,4-13,17H2,1-3H3/t15-/m0/s1. The monoisotopic (exact) mass is 299 g/mol. The molecule has 1 fully saturated rings. The van der Waals surface area contributed by atoms with Crippen LogP contribution in [0, 0.1) is 11.8 Å². The lowest BCUT2D eigenvalue weighted by atomic mass is 9.94. The van der Waals surface area contributed by atoms with Gasteiger partial charge in [0.05, 0.1) is 6.61 Å². The highest BCUT2D eigenvalue weighted by atomic mass is 16.5. The van der Waals surface area contributed by atoms with Gasteiger partial charge in [0.25, 0.3) is 0 Å². The molecule has 1 aliphatic heterocycles. The van der Waals surface area contributed by atoms with E-state index in [9.17, 15) is 4.79 Å². The Labute approximate surface area is 129 Å². The summed E-state index contributed by atoms with van der Waals surface area (Å²) < 4.78 is 5.13. The number of ether oxygens (including phenoxy) is 1. The number of nitrogens with two attached hydrogens (primary N) is 1. The lowest BCUT2D eigenvalue weighted by molar-refractivity contribution is -0.132. The summed E-state index contributed by atoms with van der Waals surface area (Å²) in [5, 5.41) is 0. The predicted molar refractivity (Wildman–Crippen MR) is 86.1 cm³/mol. The molecule has 1 saturated heterocycles. The second-order valence-electron chi connectivity index (χ2n) is 6.50. The van der Waals surface area contributed by atoms with Crippen molar-refractivity contribution < 1.29 is 9.53 Å². The molecule has 0 aromatic heterocycles. The van der Waals surface area contributed by atoms with Crippen molar-refractivity contribution in [3.63, 3.8) is 0 Å². The van der Waals surface area contributed by atoms with Gasteiger partial charge in [0, 0.05) is 39.7 Å². The van der Waals surface area contributed by atoms with E-state index in [1.54, 1.807) is 7.11 Å². The third kappa shape index (κ3) is 7.25. The molecule has 0 aromatic rings. The van der Waals surface area contributed by atoms with Crippen LogP contribution in [0.4, 0.5) is 0 Å². The van der Waals surface area contributed by atoms with Crippen LogP contribution in [0.3, 0.4) is 0 Å². The molecule has 1 aliphatic rings. The van der Waals surface area contributed by atoms with Crippen LogP contribution in [-0.4, -0.2) is 68.7 Å². The molecule has 0 bridgehead atoms. The minimum absolute atomic E-state index is 0.277. The zero-order valence-corrected chi connectivity index (χ0v) is 14.0. The first-order valence-electron chi connectivity index (χ1n) is 8.26.